The summed E-state index contributed by atoms with van der Waals surface area (Å²) in [7, 11) is 0. The summed E-state index contributed by atoms with van der Waals surface area (Å²) in [5, 5.41) is 10.1. The second kappa shape index (κ2) is 9.87. The lowest BCUT2D eigenvalue weighted by molar-refractivity contribution is -0.143. The molecule has 0 radical (unpaired) electrons. The van der Waals surface area contributed by atoms with Crippen LogP contribution < -0.4 is 4.74 Å². The zero-order valence-electron chi connectivity index (χ0n) is 12.0. The van der Waals surface area contributed by atoms with E-state index in [1.54, 1.807) is 19.1 Å². The number of carbonyl (C=O) groups is 1. The fraction of sp³-hybridized carbons (Fsp3) is 0.533. The summed E-state index contributed by atoms with van der Waals surface area (Å²) in [6.07, 6.45) is 2.85. The summed E-state index contributed by atoms with van der Waals surface area (Å²) in [6.45, 7) is 2.50. The summed E-state index contributed by atoms with van der Waals surface area (Å²) in [4.78, 5) is 11.1. The molecule has 6 heteroatoms. The Labute approximate surface area is 135 Å². The van der Waals surface area contributed by atoms with Crippen LogP contribution >= 0.6 is 23.2 Å². The highest BCUT2D eigenvalue weighted by atomic mass is 35.5. The van der Waals surface area contributed by atoms with E-state index >= 15 is 0 Å². The van der Waals surface area contributed by atoms with Crippen molar-refractivity contribution in [1.82, 2.24) is 0 Å². The molecule has 1 aromatic rings. The number of aliphatic hydroxyl groups is 1. The number of halogens is 2. The van der Waals surface area contributed by atoms with Gasteiger partial charge in [-0.1, -0.05) is 23.2 Å². The average molecular weight is 335 g/mol. The normalized spacial score (nSPS) is 10.5. The van der Waals surface area contributed by atoms with E-state index in [9.17, 15) is 9.90 Å². The van der Waals surface area contributed by atoms with Gasteiger partial charge in [0, 0.05) is 17.0 Å². The van der Waals surface area contributed by atoms with Gasteiger partial charge in [0.2, 0.25) is 0 Å². The highest BCUT2D eigenvalue weighted by Crippen LogP contribution is 2.32. The molecular weight excluding hydrogens is 315 g/mol. The molecule has 0 aliphatic carbocycles. The van der Waals surface area contributed by atoms with E-state index in [-0.39, 0.29) is 12.6 Å². The highest BCUT2D eigenvalue weighted by Gasteiger charge is 2.10. The number of rotatable bonds is 9. The van der Waals surface area contributed by atoms with Gasteiger partial charge in [-0.05, 0) is 38.3 Å². The molecule has 0 saturated carbocycles. The number of carbonyl (C=O) groups excluding carboxylic acids is 1. The van der Waals surface area contributed by atoms with Crippen molar-refractivity contribution in [3.8, 4) is 5.75 Å². The number of benzene rings is 1. The third-order valence-electron chi connectivity index (χ3n) is 2.83. The van der Waals surface area contributed by atoms with Gasteiger partial charge >= 0.3 is 5.97 Å². The fourth-order valence-electron chi connectivity index (χ4n) is 1.85. The van der Waals surface area contributed by atoms with E-state index in [1.807, 2.05) is 0 Å². The van der Waals surface area contributed by atoms with Gasteiger partial charge in [-0.25, -0.2) is 0 Å². The smallest absolute Gasteiger partial charge is 0.305 e. The quantitative estimate of drug-likeness (QED) is 0.548. The molecule has 4 nitrogen and oxygen atoms in total. The van der Waals surface area contributed by atoms with Crippen LogP contribution in [0, 0.1) is 0 Å². The largest absolute Gasteiger partial charge is 0.492 e. The first-order valence-corrected chi connectivity index (χ1v) is 7.71. The number of esters is 1. The summed E-state index contributed by atoms with van der Waals surface area (Å²) in [5.74, 6) is 0.302. The van der Waals surface area contributed by atoms with Crippen LogP contribution in [0.25, 0.3) is 0 Å². The molecule has 0 saturated heterocycles. The molecule has 0 amide bonds. The van der Waals surface area contributed by atoms with Gasteiger partial charge < -0.3 is 14.6 Å². The Morgan fingerprint density at radius 2 is 2.00 bits per heavy atom. The maximum absolute atomic E-state index is 11.1. The van der Waals surface area contributed by atoms with Crippen molar-refractivity contribution in [3.05, 3.63) is 27.7 Å². The minimum absolute atomic E-state index is 0.165. The first-order valence-electron chi connectivity index (χ1n) is 6.95. The summed E-state index contributed by atoms with van der Waals surface area (Å²) in [6, 6.07) is 3.21. The monoisotopic (exact) mass is 334 g/mol. The number of hydrogen-bond acceptors (Lipinski definition) is 4. The molecule has 0 heterocycles. The first-order chi connectivity index (χ1) is 10.1. The maximum Gasteiger partial charge on any atom is 0.305 e. The first kappa shape index (κ1) is 18.1. The molecule has 0 atom stereocenters. The Bertz CT molecular complexity index is 463. The average Bonchev–Trinajstić information content (AvgIpc) is 2.44. The third-order valence-corrected chi connectivity index (χ3v) is 3.33. The molecule has 1 N–H and O–H groups in total. The van der Waals surface area contributed by atoms with Crippen molar-refractivity contribution in [2.45, 2.75) is 39.2 Å². The fourth-order valence-corrected chi connectivity index (χ4v) is 2.44. The highest BCUT2D eigenvalue weighted by molar-refractivity contribution is 6.35. The SMILES string of the molecule is CCOC(=O)CCCCCOc1c(Cl)cc(Cl)cc1CO. The van der Waals surface area contributed by atoms with Crippen LogP contribution in [-0.2, 0) is 16.1 Å². The molecule has 0 spiro atoms. The molecular formula is C15H20Cl2O4. The number of aliphatic hydroxyl groups excluding tert-OH is 1. The predicted molar refractivity (Wildman–Crippen MR) is 83.0 cm³/mol. The van der Waals surface area contributed by atoms with Crippen molar-refractivity contribution in [2.75, 3.05) is 13.2 Å². The van der Waals surface area contributed by atoms with Gasteiger partial charge in [-0.15, -0.1) is 0 Å². The lowest BCUT2D eigenvalue weighted by Crippen LogP contribution is -2.04. The molecule has 0 aliphatic heterocycles. The number of hydrogen-bond donors (Lipinski definition) is 1. The van der Waals surface area contributed by atoms with E-state index in [2.05, 4.69) is 0 Å². The van der Waals surface area contributed by atoms with Gasteiger partial charge in [0.25, 0.3) is 0 Å². The molecule has 21 heavy (non-hydrogen) atoms. The Morgan fingerprint density at radius 3 is 2.67 bits per heavy atom. The maximum atomic E-state index is 11.1. The van der Waals surface area contributed by atoms with Crippen molar-refractivity contribution >= 4 is 29.2 Å². The molecule has 1 aromatic carbocycles. The summed E-state index contributed by atoms with van der Waals surface area (Å²) < 4.78 is 10.4. The second-order valence-electron chi connectivity index (χ2n) is 4.50. The zero-order chi connectivity index (χ0) is 15.7. The Balaban J connectivity index is 2.32. The molecule has 0 aromatic heterocycles. The van der Waals surface area contributed by atoms with E-state index in [0.29, 0.717) is 41.0 Å². The number of ether oxygens (including phenoxy) is 2. The topological polar surface area (TPSA) is 55.8 Å². The van der Waals surface area contributed by atoms with Crippen LogP contribution in [0.5, 0.6) is 5.75 Å². The van der Waals surface area contributed by atoms with E-state index in [1.165, 1.54) is 0 Å². The lowest BCUT2D eigenvalue weighted by atomic mass is 10.2. The van der Waals surface area contributed by atoms with Crippen molar-refractivity contribution in [3.63, 3.8) is 0 Å². The van der Waals surface area contributed by atoms with Crippen LogP contribution in [0.4, 0.5) is 0 Å². The Kier molecular flexibility index (Phi) is 8.50. The number of unbranched alkanes of at least 4 members (excludes halogenated alkanes) is 2. The van der Waals surface area contributed by atoms with Gasteiger partial charge in [-0.2, -0.15) is 0 Å². The van der Waals surface area contributed by atoms with Gasteiger partial charge in [-0.3, -0.25) is 4.79 Å². The minimum Gasteiger partial charge on any atom is -0.492 e. The molecule has 0 aliphatic rings. The molecule has 0 bridgehead atoms. The van der Waals surface area contributed by atoms with Crippen LogP contribution in [0.15, 0.2) is 12.1 Å². The lowest BCUT2D eigenvalue weighted by Gasteiger charge is -2.12. The van der Waals surface area contributed by atoms with Crippen molar-refractivity contribution in [2.24, 2.45) is 0 Å². The third kappa shape index (κ3) is 6.55. The van der Waals surface area contributed by atoms with Gasteiger partial charge in [0.05, 0.1) is 24.8 Å². The summed E-state index contributed by atoms with van der Waals surface area (Å²) in [5.41, 5.74) is 0.569. The van der Waals surface area contributed by atoms with E-state index in [4.69, 9.17) is 32.7 Å². The van der Waals surface area contributed by atoms with E-state index < -0.39 is 0 Å². The van der Waals surface area contributed by atoms with E-state index in [0.717, 1.165) is 19.3 Å². The van der Waals surface area contributed by atoms with Crippen molar-refractivity contribution < 1.29 is 19.4 Å². The Hall–Kier alpha value is -0.970. The van der Waals surface area contributed by atoms with Crippen LogP contribution in [-0.4, -0.2) is 24.3 Å². The zero-order valence-corrected chi connectivity index (χ0v) is 13.5. The summed E-state index contributed by atoms with van der Waals surface area (Å²) >= 11 is 11.9. The minimum atomic E-state index is -0.182. The molecule has 0 unspecified atom stereocenters. The standard InChI is InChI=1S/C15H20Cl2O4/c1-2-20-14(19)6-4-3-5-7-21-15-11(10-18)8-12(16)9-13(15)17/h8-9,18H,2-7,10H2,1H3. The predicted octanol–water partition coefficient (Wildman–Crippen LogP) is 3.99. The van der Waals surface area contributed by atoms with Crippen LogP contribution in [0.3, 0.4) is 0 Å². The van der Waals surface area contributed by atoms with Gasteiger partial charge in [0.1, 0.15) is 5.75 Å². The van der Waals surface area contributed by atoms with Crippen LogP contribution in [0.1, 0.15) is 38.2 Å². The molecule has 118 valence electrons. The molecule has 1 rings (SSSR count). The van der Waals surface area contributed by atoms with Crippen LogP contribution in [0.2, 0.25) is 10.0 Å². The molecule has 0 fully saturated rings. The Morgan fingerprint density at radius 1 is 1.24 bits per heavy atom. The van der Waals surface area contributed by atoms with Gasteiger partial charge in [0.15, 0.2) is 0 Å². The van der Waals surface area contributed by atoms with Crippen molar-refractivity contribution in [1.29, 1.82) is 0 Å². The second-order valence-corrected chi connectivity index (χ2v) is 5.34.